The molecular weight excluding hydrogens is 582 g/mol. The van der Waals surface area contributed by atoms with Gasteiger partial charge in [-0.3, -0.25) is 0 Å². The highest BCUT2D eigenvalue weighted by Crippen LogP contribution is 2.51. The van der Waals surface area contributed by atoms with Crippen LogP contribution in [0.2, 0.25) is 0 Å². The number of rotatable bonds is 10. The highest BCUT2D eigenvalue weighted by molar-refractivity contribution is 7.80. The monoisotopic (exact) mass is 626 g/mol. The van der Waals surface area contributed by atoms with Gasteiger partial charge in [0.1, 0.15) is 6.54 Å². The molecule has 0 fully saturated rings. The lowest BCUT2D eigenvalue weighted by atomic mass is 9.76. The number of aromatic hydroxyl groups is 2. The number of benzene rings is 2. The molecule has 0 bridgehead atoms. The summed E-state index contributed by atoms with van der Waals surface area (Å²) < 4.78 is 3.11. The second-order valence-corrected chi connectivity index (χ2v) is 13.0. The zero-order valence-corrected chi connectivity index (χ0v) is 27.9. The Labute approximate surface area is 271 Å². The van der Waals surface area contributed by atoms with Crippen molar-refractivity contribution >= 4 is 35.7 Å². The number of hydrogen-bond donors (Lipinski definition) is 3. The Bertz CT molecular complexity index is 1730. The molecule has 7 nitrogen and oxygen atoms in total. The number of hydrogen-bond acceptors (Lipinski definition) is 6. The number of allylic oxidation sites excluding steroid dienone is 6. The van der Waals surface area contributed by atoms with Gasteiger partial charge in [-0.15, -0.1) is 17.4 Å². The maximum atomic E-state index is 12.6. The molecule has 0 saturated carbocycles. The van der Waals surface area contributed by atoms with E-state index in [0.29, 0.717) is 6.42 Å². The fraction of sp³-hybridized carbons (Fsp3) is 0.351. The number of likely N-dealkylation sites (N-methyl/N-ethyl adjacent to an activating group) is 1. The Kier molecular flexibility index (Phi) is 9.08. The summed E-state index contributed by atoms with van der Waals surface area (Å²) in [4.78, 5) is 21.1. The smallest absolute Gasteiger partial charge is 0.333 e. The van der Waals surface area contributed by atoms with Crippen LogP contribution in [0.3, 0.4) is 0 Å². The van der Waals surface area contributed by atoms with E-state index in [4.69, 9.17) is 4.84 Å². The molecule has 3 aromatic rings. The number of carbonyl (C=O) groups excluding carboxylic acids is 1. The SMILES string of the molecule is CCN1C(=CC=CC=CC2=[N+](CC)c3ccc(S)cc3C2(C)C)C(C)(CCCC(=O)On2c(O)ccc2O)c2cc(C)ccc21. The van der Waals surface area contributed by atoms with Crippen LogP contribution in [0.15, 0.2) is 89.5 Å². The van der Waals surface area contributed by atoms with Crippen molar-refractivity contribution in [3.63, 3.8) is 0 Å². The first-order valence-corrected chi connectivity index (χ1v) is 16.1. The fourth-order valence-electron chi connectivity index (χ4n) is 6.86. The van der Waals surface area contributed by atoms with Gasteiger partial charge in [0, 0.05) is 64.5 Å². The molecule has 8 heteroatoms. The quantitative estimate of drug-likeness (QED) is 0.123. The maximum absolute atomic E-state index is 12.6. The van der Waals surface area contributed by atoms with E-state index in [1.165, 1.54) is 51.6 Å². The first-order chi connectivity index (χ1) is 21.4. The summed E-state index contributed by atoms with van der Waals surface area (Å²) in [6, 6.07) is 15.5. The number of fused-ring (bicyclic) bond motifs is 2. The molecule has 1 unspecified atom stereocenters. The first kappa shape index (κ1) is 32.2. The molecule has 1 atom stereocenters. The molecule has 0 spiro atoms. The average Bonchev–Trinajstić information content (AvgIpc) is 3.52. The highest BCUT2D eigenvalue weighted by atomic mass is 32.1. The molecule has 5 rings (SSSR count). The number of anilines is 1. The molecule has 0 amide bonds. The highest BCUT2D eigenvalue weighted by Gasteiger charge is 2.44. The number of nitrogens with zero attached hydrogens (tertiary/aromatic N) is 3. The van der Waals surface area contributed by atoms with E-state index in [-0.39, 0.29) is 29.0 Å². The average molecular weight is 627 g/mol. The minimum Gasteiger partial charge on any atom is -0.492 e. The third kappa shape index (κ3) is 5.96. The summed E-state index contributed by atoms with van der Waals surface area (Å²) in [5.41, 5.74) is 8.15. The lowest BCUT2D eigenvalue weighted by Gasteiger charge is -2.30. The van der Waals surface area contributed by atoms with E-state index in [2.05, 4.69) is 130 Å². The van der Waals surface area contributed by atoms with E-state index in [1.54, 1.807) is 0 Å². The van der Waals surface area contributed by atoms with Gasteiger partial charge in [0.05, 0.1) is 5.41 Å². The van der Waals surface area contributed by atoms with Crippen molar-refractivity contribution in [2.45, 2.75) is 76.5 Å². The first-order valence-electron chi connectivity index (χ1n) is 15.7. The summed E-state index contributed by atoms with van der Waals surface area (Å²) in [5, 5.41) is 19.6. The lowest BCUT2D eigenvalue weighted by Crippen LogP contribution is -2.29. The van der Waals surface area contributed by atoms with Gasteiger partial charge in [0.15, 0.2) is 5.71 Å². The van der Waals surface area contributed by atoms with Crippen LogP contribution >= 0.6 is 12.6 Å². The third-order valence-electron chi connectivity index (χ3n) is 9.18. The van der Waals surface area contributed by atoms with Crippen LogP contribution in [0.25, 0.3) is 0 Å². The predicted octanol–water partition coefficient (Wildman–Crippen LogP) is 7.51. The van der Waals surface area contributed by atoms with Crippen LogP contribution in [0.1, 0.15) is 70.6 Å². The van der Waals surface area contributed by atoms with Gasteiger partial charge >= 0.3 is 5.97 Å². The predicted molar refractivity (Wildman–Crippen MR) is 183 cm³/mol. The van der Waals surface area contributed by atoms with Gasteiger partial charge < -0.3 is 20.0 Å². The third-order valence-corrected chi connectivity index (χ3v) is 9.46. The van der Waals surface area contributed by atoms with Crippen LogP contribution in [-0.4, -0.2) is 44.3 Å². The van der Waals surface area contributed by atoms with Crippen molar-refractivity contribution in [1.29, 1.82) is 0 Å². The Morgan fingerprint density at radius 1 is 0.978 bits per heavy atom. The van der Waals surface area contributed by atoms with E-state index < -0.39 is 5.97 Å². The molecule has 2 N–H and O–H groups in total. The second kappa shape index (κ2) is 12.7. The zero-order chi connectivity index (χ0) is 32.5. The Hall–Kier alpha value is -4.17. The molecular formula is C37H44N3O4S+. The number of aromatic nitrogens is 1. The summed E-state index contributed by atoms with van der Waals surface area (Å²) in [5.74, 6) is -1.18. The Morgan fingerprint density at radius 2 is 1.71 bits per heavy atom. The Balaban J connectivity index is 1.38. The molecule has 1 aromatic heterocycles. The van der Waals surface area contributed by atoms with Gasteiger partial charge in [0.2, 0.25) is 17.4 Å². The van der Waals surface area contributed by atoms with Crippen molar-refractivity contribution in [1.82, 2.24) is 4.73 Å². The van der Waals surface area contributed by atoms with E-state index in [9.17, 15) is 15.0 Å². The maximum Gasteiger partial charge on any atom is 0.333 e. The summed E-state index contributed by atoms with van der Waals surface area (Å²) >= 11 is 4.59. The molecule has 0 radical (unpaired) electrons. The fourth-order valence-corrected chi connectivity index (χ4v) is 7.06. The van der Waals surface area contributed by atoms with Crippen molar-refractivity contribution in [3.05, 3.63) is 101 Å². The van der Waals surface area contributed by atoms with Crippen LogP contribution < -0.4 is 9.74 Å². The molecule has 2 aliphatic heterocycles. The molecule has 3 heterocycles. The van der Waals surface area contributed by atoms with Gasteiger partial charge in [0.25, 0.3) is 0 Å². The van der Waals surface area contributed by atoms with Crippen LogP contribution in [0.5, 0.6) is 11.8 Å². The van der Waals surface area contributed by atoms with E-state index in [1.807, 2.05) is 0 Å². The summed E-state index contributed by atoms with van der Waals surface area (Å²) in [6.45, 7) is 14.9. The van der Waals surface area contributed by atoms with Crippen LogP contribution in [0, 0.1) is 6.92 Å². The molecule has 45 heavy (non-hydrogen) atoms. The van der Waals surface area contributed by atoms with E-state index >= 15 is 0 Å². The topological polar surface area (TPSA) is 77.9 Å². The second-order valence-electron chi connectivity index (χ2n) is 12.5. The van der Waals surface area contributed by atoms with E-state index in [0.717, 1.165) is 29.1 Å². The van der Waals surface area contributed by atoms with Gasteiger partial charge in [-0.05, 0) is 84.2 Å². The molecule has 0 saturated heterocycles. The number of aryl methyl sites for hydroxylation is 1. The Morgan fingerprint density at radius 3 is 2.40 bits per heavy atom. The largest absolute Gasteiger partial charge is 0.492 e. The minimum absolute atomic E-state index is 0.130. The van der Waals surface area contributed by atoms with Crippen molar-refractivity contribution in [3.8, 4) is 11.8 Å². The minimum atomic E-state index is -0.521. The standard InChI is InChI=1S/C37H43N3O4S/c1-7-38-29-19-17-26(45)24-27(29)36(4,5)31(38)13-10-9-11-14-32-37(6,28-23-25(3)16-18-30(28)39(32)8-2)22-12-15-35(43)44-40-33(41)20-21-34(40)42/h9-11,13-14,16-21,23-24H,7-8,12,15,22H2,1-6H3,(H2-,41,42,45)/p+1. The van der Waals surface area contributed by atoms with Crippen LogP contribution in [-0.2, 0) is 15.6 Å². The molecule has 2 aliphatic rings. The zero-order valence-electron chi connectivity index (χ0n) is 27.0. The van der Waals surface area contributed by atoms with Crippen molar-refractivity contribution in [2.75, 3.05) is 18.0 Å². The van der Waals surface area contributed by atoms with Crippen molar-refractivity contribution in [2.24, 2.45) is 0 Å². The number of thiol groups is 1. The summed E-state index contributed by atoms with van der Waals surface area (Å²) in [7, 11) is 0. The van der Waals surface area contributed by atoms with Gasteiger partial charge in [-0.25, -0.2) is 4.79 Å². The summed E-state index contributed by atoms with van der Waals surface area (Å²) in [6.07, 6.45) is 12.2. The lowest BCUT2D eigenvalue weighted by molar-refractivity contribution is -0.433. The van der Waals surface area contributed by atoms with Gasteiger partial charge in [-0.2, -0.15) is 4.58 Å². The normalized spacial score (nSPS) is 19.7. The van der Waals surface area contributed by atoms with Crippen LogP contribution in [0.4, 0.5) is 11.4 Å². The molecule has 236 valence electrons. The number of carbonyl (C=O) groups is 1. The van der Waals surface area contributed by atoms with Gasteiger partial charge in [-0.1, -0.05) is 35.9 Å². The molecule has 0 aliphatic carbocycles. The van der Waals surface area contributed by atoms with Crippen molar-refractivity contribution < 1.29 is 24.4 Å². The molecule has 2 aromatic carbocycles.